The van der Waals surface area contributed by atoms with Crippen molar-refractivity contribution in [3.63, 3.8) is 0 Å². The molecule has 1 heterocycles. The van der Waals surface area contributed by atoms with Crippen LogP contribution in [0.3, 0.4) is 0 Å². The fourth-order valence-corrected chi connectivity index (χ4v) is 3.57. The second-order valence-corrected chi connectivity index (χ2v) is 6.83. The number of anilines is 2. The molecule has 2 aromatic carbocycles. The molecule has 1 aliphatic heterocycles. The number of benzene rings is 2. The van der Waals surface area contributed by atoms with Crippen LogP contribution in [0.15, 0.2) is 53.4 Å². The van der Waals surface area contributed by atoms with Gasteiger partial charge >= 0.3 is 6.18 Å². The van der Waals surface area contributed by atoms with E-state index in [1.807, 2.05) is 0 Å². The van der Waals surface area contributed by atoms with Crippen LogP contribution in [0.5, 0.6) is 0 Å². The van der Waals surface area contributed by atoms with E-state index in [1.165, 1.54) is 36.4 Å². The second kappa shape index (κ2) is 7.59. The number of thioether (sulfide) groups is 1. The van der Waals surface area contributed by atoms with Crippen LogP contribution in [-0.4, -0.2) is 29.8 Å². The Morgan fingerprint density at radius 1 is 1.15 bits per heavy atom. The highest BCUT2D eigenvalue weighted by Gasteiger charge is 2.48. The van der Waals surface area contributed by atoms with Crippen molar-refractivity contribution in [2.24, 2.45) is 0 Å². The van der Waals surface area contributed by atoms with Crippen LogP contribution in [-0.2, 0) is 9.59 Å². The van der Waals surface area contributed by atoms with Gasteiger partial charge in [0.15, 0.2) is 0 Å². The van der Waals surface area contributed by atoms with E-state index >= 15 is 0 Å². The number of halogens is 4. The minimum absolute atomic E-state index is 0.0372. The van der Waals surface area contributed by atoms with Gasteiger partial charge in [-0.25, -0.2) is 4.39 Å². The van der Waals surface area contributed by atoms with Crippen LogP contribution < -0.4 is 10.2 Å². The third kappa shape index (κ3) is 4.24. The van der Waals surface area contributed by atoms with Crippen molar-refractivity contribution in [2.75, 3.05) is 16.0 Å². The summed E-state index contributed by atoms with van der Waals surface area (Å²) in [6.45, 7) is 0. The quantitative estimate of drug-likeness (QED) is 0.622. The lowest BCUT2D eigenvalue weighted by Gasteiger charge is -2.31. The van der Waals surface area contributed by atoms with Gasteiger partial charge < -0.3 is 5.32 Å². The Bertz CT molecular complexity index is 872. The zero-order valence-corrected chi connectivity index (χ0v) is 14.6. The first kappa shape index (κ1) is 19.2. The van der Waals surface area contributed by atoms with Crippen molar-refractivity contribution >= 4 is 35.0 Å². The first-order valence-corrected chi connectivity index (χ1v) is 8.91. The molecule has 142 valence electrons. The van der Waals surface area contributed by atoms with E-state index in [0.29, 0.717) is 4.90 Å². The molecule has 3 rings (SSSR count). The molecule has 0 bridgehead atoms. The number of alkyl halides is 3. The summed E-state index contributed by atoms with van der Waals surface area (Å²) < 4.78 is 54.5. The van der Waals surface area contributed by atoms with Gasteiger partial charge in [0, 0.05) is 4.90 Å². The molecule has 0 fully saturated rings. The van der Waals surface area contributed by atoms with Gasteiger partial charge in [0.25, 0.3) is 0 Å². The summed E-state index contributed by atoms with van der Waals surface area (Å²) in [6, 6.07) is 9.18. The SMILES string of the molecule is O=C1C[C@H](C(F)(F)F)N(C(=O)CSc2ccccc2F)c2ccccc2N1. The van der Waals surface area contributed by atoms with Crippen molar-refractivity contribution in [3.8, 4) is 0 Å². The maximum atomic E-state index is 13.7. The fraction of sp³-hybridized carbons (Fsp3) is 0.222. The zero-order valence-electron chi connectivity index (χ0n) is 13.8. The molecule has 27 heavy (non-hydrogen) atoms. The number of rotatable bonds is 3. The maximum Gasteiger partial charge on any atom is 0.409 e. The topological polar surface area (TPSA) is 49.4 Å². The molecule has 2 amide bonds. The van der Waals surface area contributed by atoms with Crippen LogP contribution in [0, 0.1) is 5.82 Å². The molecular formula is C18H14F4N2O2S. The molecule has 0 aromatic heterocycles. The van der Waals surface area contributed by atoms with Crippen LogP contribution in [0.25, 0.3) is 0 Å². The van der Waals surface area contributed by atoms with E-state index in [-0.39, 0.29) is 16.3 Å². The number of nitrogens with zero attached hydrogens (tertiary/aromatic N) is 1. The van der Waals surface area contributed by atoms with Crippen LogP contribution in [0.1, 0.15) is 6.42 Å². The smallest absolute Gasteiger partial charge is 0.324 e. The van der Waals surface area contributed by atoms with Gasteiger partial charge in [-0.15, -0.1) is 11.8 Å². The summed E-state index contributed by atoms with van der Waals surface area (Å²) in [6.07, 6.45) is -5.71. The van der Waals surface area contributed by atoms with E-state index in [2.05, 4.69) is 5.32 Å². The van der Waals surface area contributed by atoms with E-state index in [4.69, 9.17) is 0 Å². The first-order chi connectivity index (χ1) is 12.8. The van der Waals surface area contributed by atoms with Crippen LogP contribution in [0.2, 0.25) is 0 Å². The van der Waals surface area contributed by atoms with Gasteiger partial charge in [-0.3, -0.25) is 14.5 Å². The summed E-state index contributed by atoms with van der Waals surface area (Å²) in [5, 5.41) is 2.39. The molecule has 0 saturated carbocycles. The number of hydrogen-bond acceptors (Lipinski definition) is 3. The molecule has 0 aliphatic carbocycles. The Morgan fingerprint density at radius 3 is 2.52 bits per heavy atom. The molecular weight excluding hydrogens is 384 g/mol. The minimum atomic E-state index is -4.80. The second-order valence-electron chi connectivity index (χ2n) is 5.81. The Labute approximate surface area is 156 Å². The predicted molar refractivity (Wildman–Crippen MR) is 94.1 cm³/mol. The normalized spacial score (nSPS) is 17.1. The number of fused-ring (bicyclic) bond motifs is 1. The number of amides is 2. The standard InChI is InChI=1S/C18H14F4N2O2S/c19-11-5-1-4-8-14(11)27-10-17(26)24-13-7-3-2-6-12(13)23-16(25)9-15(24)18(20,21)22/h1-8,15H,9-10H2,(H,23,25)/t15-/m1/s1. The van der Waals surface area contributed by atoms with Crippen molar-refractivity contribution in [1.82, 2.24) is 0 Å². The largest absolute Gasteiger partial charge is 0.409 e. The Balaban J connectivity index is 1.94. The van der Waals surface area contributed by atoms with Crippen molar-refractivity contribution in [2.45, 2.75) is 23.5 Å². The molecule has 0 radical (unpaired) electrons. The monoisotopic (exact) mass is 398 g/mol. The highest BCUT2D eigenvalue weighted by atomic mass is 32.2. The highest BCUT2D eigenvalue weighted by Crippen LogP contribution is 2.38. The number of para-hydroxylation sites is 2. The number of carbonyl (C=O) groups is 2. The molecule has 9 heteroatoms. The zero-order chi connectivity index (χ0) is 19.6. The molecule has 0 saturated heterocycles. The lowest BCUT2D eigenvalue weighted by Crippen LogP contribution is -2.50. The molecule has 0 unspecified atom stereocenters. The number of nitrogens with one attached hydrogen (secondary N) is 1. The van der Waals surface area contributed by atoms with Gasteiger partial charge in [0.05, 0.1) is 23.5 Å². The Kier molecular flexibility index (Phi) is 5.41. The minimum Gasteiger partial charge on any atom is -0.324 e. The Morgan fingerprint density at radius 2 is 1.81 bits per heavy atom. The summed E-state index contributed by atoms with van der Waals surface area (Å²) in [5.74, 6) is -2.66. The van der Waals surface area contributed by atoms with E-state index < -0.39 is 42.0 Å². The van der Waals surface area contributed by atoms with Gasteiger partial charge in [-0.2, -0.15) is 13.2 Å². The number of carbonyl (C=O) groups excluding carboxylic acids is 2. The molecule has 2 aromatic rings. The molecule has 1 N–H and O–H groups in total. The van der Waals surface area contributed by atoms with Gasteiger partial charge in [-0.05, 0) is 24.3 Å². The van der Waals surface area contributed by atoms with Gasteiger partial charge in [0.2, 0.25) is 11.8 Å². The predicted octanol–water partition coefficient (Wildman–Crippen LogP) is 4.22. The van der Waals surface area contributed by atoms with Gasteiger partial charge in [-0.1, -0.05) is 24.3 Å². The van der Waals surface area contributed by atoms with E-state index in [1.54, 1.807) is 12.1 Å². The fourth-order valence-electron chi connectivity index (χ4n) is 2.77. The number of hydrogen-bond donors (Lipinski definition) is 1. The average molecular weight is 398 g/mol. The van der Waals surface area contributed by atoms with Gasteiger partial charge in [0.1, 0.15) is 11.9 Å². The average Bonchev–Trinajstić information content (AvgIpc) is 2.76. The highest BCUT2D eigenvalue weighted by molar-refractivity contribution is 8.00. The van der Waals surface area contributed by atoms with Crippen molar-refractivity contribution in [3.05, 3.63) is 54.3 Å². The third-order valence-corrected chi connectivity index (χ3v) is 5.00. The third-order valence-electron chi connectivity index (χ3n) is 3.96. The van der Waals surface area contributed by atoms with Crippen LogP contribution in [0.4, 0.5) is 28.9 Å². The lowest BCUT2D eigenvalue weighted by molar-refractivity contribution is -0.157. The lowest BCUT2D eigenvalue weighted by atomic mass is 10.1. The summed E-state index contributed by atoms with van der Waals surface area (Å²) in [7, 11) is 0. The van der Waals surface area contributed by atoms with E-state index in [9.17, 15) is 27.2 Å². The molecule has 1 atom stereocenters. The van der Waals surface area contributed by atoms with Crippen molar-refractivity contribution < 1.29 is 27.2 Å². The summed E-state index contributed by atoms with van der Waals surface area (Å²) in [5.41, 5.74) is 0.0864. The molecule has 1 aliphatic rings. The molecule has 4 nitrogen and oxygen atoms in total. The summed E-state index contributed by atoms with van der Waals surface area (Å²) in [4.78, 5) is 25.3. The van der Waals surface area contributed by atoms with E-state index in [0.717, 1.165) is 11.8 Å². The maximum absolute atomic E-state index is 13.7. The Hall–Kier alpha value is -2.55. The van der Waals surface area contributed by atoms with Crippen LogP contribution >= 0.6 is 11.8 Å². The van der Waals surface area contributed by atoms with Crippen molar-refractivity contribution in [1.29, 1.82) is 0 Å². The first-order valence-electron chi connectivity index (χ1n) is 7.92. The molecule has 0 spiro atoms. The summed E-state index contributed by atoms with van der Waals surface area (Å²) >= 11 is 0.805.